The summed E-state index contributed by atoms with van der Waals surface area (Å²) in [6.45, 7) is 5.35. The largest absolute Gasteiger partial charge is 0.454 e. The minimum Gasteiger partial charge on any atom is -0.454 e. The first kappa shape index (κ1) is 21.2. The van der Waals surface area contributed by atoms with Gasteiger partial charge in [0, 0.05) is 32.2 Å². The monoisotopic (exact) mass is 457 g/mol. The molecule has 13 heteroatoms. The van der Waals surface area contributed by atoms with Crippen molar-refractivity contribution in [2.45, 2.75) is 0 Å². The van der Waals surface area contributed by atoms with Gasteiger partial charge < -0.3 is 28.7 Å². The highest BCUT2D eigenvalue weighted by atomic mass is 16.7. The van der Waals surface area contributed by atoms with Crippen LogP contribution in [0.1, 0.15) is 5.56 Å². The van der Waals surface area contributed by atoms with Crippen LogP contribution in [-0.4, -0.2) is 80.5 Å². The van der Waals surface area contributed by atoms with Gasteiger partial charge in [-0.1, -0.05) is 0 Å². The van der Waals surface area contributed by atoms with Crippen molar-refractivity contribution >= 4 is 29.5 Å². The maximum Gasteiger partial charge on any atom is 0.282 e. The number of anilines is 3. The molecule has 1 aromatic carbocycles. The molecule has 33 heavy (non-hydrogen) atoms. The van der Waals surface area contributed by atoms with E-state index in [2.05, 4.69) is 25.3 Å². The molecule has 13 nitrogen and oxygen atoms in total. The molecule has 3 aliphatic rings. The second kappa shape index (κ2) is 9.42. The Morgan fingerprint density at radius 2 is 1.64 bits per heavy atom. The Balaban J connectivity index is 1.40. The third kappa shape index (κ3) is 4.73. The zero-order valence-electron chi connectivity index (χ0n) is 17.8. The minimum atomic E-state index is -0.485. The van der Waals surface area contributed by atoms with E-state index in [1.54, 1.807) is 6.07 Å². The van der Waals surface area contributed by atoms with Gasteiger partial charge in [-0.05, 0) is 6.07 Å². The van der Waals surface area contributed by atoms with Crippen LogP contribution in [-0.2, 0) is 9.47 Å². The Bertz CT molecular complexity index is 1020. The second-order valence-electron chi connectivity index (χ2n) is 7.50. The van der Waals surface area contributed by atoms with E-state index >= 15 is 0 Å². The van der Waals surface area contributed by atoms with Gasteiger partial charge in [0.25, 0.3) is 5.69 Å². The number of nitro groups is 1. The van der Waals surface area contributed by atoms with Crippen LogP contribution in [0.2, 0.25) is 0 Å². The van der Waals surface area contributed by atoms with Crippen molar-refractivity contribution in [3.63, 3.8) is 0 Å². The van der Waals surface area contributed by atoms with Crippen molar-refractivity contribution < 1.29 is 23.9 Å². The maximum atomic E-state index is 11.5. The molecule has 5 rings (SSSR count). The molecule has 2 saturated heterocycles. The topological polar surface area (TPSA) is 137 Å². The number of morpholine rings is 2. The van der Waals surface area contributed by atoms with Gasteiger partial charge in [-0.25, -0.2) is 0 Å². The lowest BCUT2D eigenvalue weighted by Crippen LogP contribution is -2.39. The van der Waals surface area contributed by atoms with Gasteiger partial charge in [-0.2, -0.15) is 15.1 Å². The number of aromatic nitrogens is 2. The summed E-state index contributed by atoms with van der Waals surface area (Å²) >= 11 is 0. The lowest BCUT2D eigenvalue weighted by Gasteiger charge is -2.31. The summed E-state index contributed by atoms with van der Waals surface area (Å²) in [5.74, 6) is 2.60. The van der Waals surface area contributed by atoms with E-state index in [1.807, 2.05) is 0 Å². The highest BCUT2D eigenvalue weighted by Gasteiger charge is 2.23. The Morgan fingerprint density at radius 1 is 0.970 bits per heavy atom. The number of benzene rings is 1. The van der Waals surface area contributed by atoms with Gasteiger partial charge in [0.2, 0.25) is 12.7 Å². The van der Waals surface area contributed by atoms with Gasteiger partial charge >= 0.3 is 0 Å². The molecule has 0 saturated carbocycles. The van der Waals surface area contributed by atoms with Crippen LogP contribution < -0.4 is 24.7 Å². The number of hydrazone groups is 1. The summed E-state index contributed by atoms with van der Waals surface area (Å²) in [5.41, 5.74) is 3.05. The lowest BCUT2D eigenvalue weighted by molar-refractivity contribution is -0.385. The Hall–Kier alpha value is -3.71. The van der Waals surface area contributed by atoms with Crippen LogP contribution in [0.3, 0.4) is 0 Å². The predicted octanol–water partition coefficient (Wildman–Crippen LogP) is 1.23. The molecule has 1 N–H and O–H groups in total. The van der Waals surface area contributed by atoms with Gasteiger partial charge in [0.15, 0.2) is 17.3 Å². The number of hydrogen-bond acceptors (Lipinski definition) is 12. The smallest absolute Gasteiger partial charge is 0.282 e. The fraction of sp³-hybridized carbons (Fsp3) is 0.450. The van der Waals surface area contributed by atoms with Crippen molar-refractivity contribution in [1.82, 2.24) is 9.97 Å². The van der Waals surface area contributed by atoms with E-state index < -0.39 is 4.92 Å². The Kier molecular flexibility index (Phi) is 6.04. The predicted molar refractivity (Wildman–Crippen MR) is 119 cm³/mol. The fourth-order valence-electron chi connectivity index (χ4n) is 3.71. The van der Waals surface area contributed by atoms with Crippen molar-refractivity contribution in [1.29, 1.82) is 0 Å². The first-order valence-corrected chi connectivity index (χ1v) is 10.6. The summed E-state index contributed by atoms with van der Waals surface area (Å²) in [7, 11) is 0. The second-order valence-corrected chi connectivity index (χ2v) is 7.50. The molecule has 2 aromatic rings. The number of hydrogen-bond donors (Lipinski definition) is 1. The molecule has 0 unspecified atom stereocenters. The van der Waals surface area contributed by atoms with E-state index in [0.29, 0.717) is 62.8 Å². The third-order valence-corrected chi connectivity index (χ3v) is 5.43. The molecule has 174 valence electrons. The minimum absolute atomic E-state index is 0.0287. The summed E-state index contributed by atoms with van der Waals surface area (Å²) in [4.78, 5) is 24.5. The van der Waals surface area contributed by atoms with E-state index in [9.17, 15) is 10.1 Å². The zero-order valence-corrected chi connectivity index (χ0v) is 17.8. The molecule has 0 atom stereocenters. The summed E-state index contributed by atoms with van der Waals surface area (Å²) in [5, 5.41) is 15.7. The standard InChI is InChI=1S/C20H23N7O6/c28-27(29)15-10-17-16(32-13-33-17)9-14(15)12-21-24-18-11-19(25-1-5-30-6-2-25)23-20(22-18)26-3-7-31-8-4-26/h9-12H,1-8,13H2,(H,22,23,24)/b21-12+. The first-order valence-electron chi connectivity index (χ1n) is 10.6. The highest BCUT2D eigenvalue weighted by molar-refractivity contribution is 5.87. The van der Waals surface area contributed by atoms with E-state index in [4.69, 9.17) is 23.9 Å². The fourth-order valence-corrected chi connectivity index (χ4v) is 3.71. The third-order valence-electron chi connectivity index (χ3n) is 5.43. The van der Waals surface area contributed by atoms with Gasteiger partial charge in [-0.15, -0.1) is 0 Å². The van der Waals surface area contributed by atoms with Crippen LogP contribution in [0.4, 0.5) is 23.3 Å². The number of fused-ring (bicyclic) bond motifs is 1. The zero-order chi connectivity index (χ0) is 22.6. The lowest BCUT2D eigenvalue weighted by atomic mass is 10.1. The van der Waals surface area contributed by atoms with Crippen molar-refractivity contribution in [3.05, 3.63) is 33.9 Å². The number of nitrogens with zero attached hydrogens (tertiary/aromatic N) is 6. The van der Waals surface area contributed by atoms with Crippen molar-refractivity contribution in [2.24, 2.45) is 5.10 Å². The van der Waals surface area contributed by atoms with Crippen LogP contribution in [0.25, 0.3) is 0 Å². The summed E-state index contributed by atoms with van der Waals surface area (Å²) in [6.07, 6.45) is 1.37. The van der Waals surface area contributed by atoms with E-state index in [-0.39, 0.29) is 18.0 Å². The van der Waals surface area contributed by atoms with Gasteiger partial charge in [0.1, 0.15) is 5.82 Å². The average molecular weight is 457 g/mol. The Morgan fingerprint density at radius 3 is 2.33 bits per heavy atom. The molecular formula is C20H23N7O6. The number of rotatable bonds is 6. The van der Waals surface area contributed by atoms with Crippen molar-refractivity contribution in [2.75, 3.05) is 74.6 Å². The van der Waals surface area contributed by atoms with Gasteiger partial charge in [0.05, 0.1) is 49.2 Å². The summed E-state index contributed by atoms with van der Waals surface area (Å²) < 4.78 is 21.4. The number of nitro benzene ring substituents is 1. The maximum absolute atomic E-state index is 11.5. The molecule has 4 heterocycles. The van der Waals surface area contributed by atoms with Crippen molar-refractivity contribution in [3.8, 4) is 11.5 Å². The molecule has 2 fully saturated rings. The molecule has 3 aliphatic heterocycles. The van der Waals surface area contributed by atoms with E-state index in [0.717, 1.165) is 18.9 Å². The Labute approximate surface area is 189 Å². The van der Waals surface area contributed by atoms with Crippen LogP contribution in [0.15, 0.2) is 23.3 Å². The first-order chi connectivity index (χ1) is 16.2. The molecule has 0 amide bonds. The molecule has 1 aromatic heterocycles. The molecule has 0 bridgehead atoms. The van der Waals surface area contributed by atoms with Crippen LogP contribution in [0, 0.1) is 10.1 Å². The number of ether oxygens (including phenoxy) is 4. The summed E-state index contributed by atoms with van der Waals surface area (Å²) in [6, 6.07) is 4.67. The SMILES string of the molecule is O=[N+]([O-])c1cc2c(cc1/C=N/Nc1cc(N3CCOCC3)nc(N3CCOCC3)n1)OCO2. The highest BCUT2D eigenvalue weighted by Crippen LogP contribution is 2.37. The average Bonchev–Trinajstić information content (AvgIpc) is 3.32. The van der Waals surface area contributed by atoms with E-state index in [1.165, 1.54) is 18.3 Å². The molecule has 0 aliphatic carbocycles. The van der Waals surface area contributed by atoms with Gasteiger partial charge in [-0.3, -0.25) is 15.5 Å². The normalized spacial score (nSPS) is 18.1. The molecule has 0 spiro atoms. The molecule has 0 radical (unpaired) electrons. The van der Waals surface area contributed by atoms with Crippen LogP contribution in [0.5, 0.6) is 11.5 Å². The van der Waals surface area contributed by atoms with Crippen LogP contribution >= 0.6 is 0 Å². The molecular weight excluding hydrogens is 434 g/mol. The quantitative estimate of drug-likeness (QED) is 0.381. The number of nitrogens with one attached hydrogen (secondary N) is 1.